The first kappa shape index (κ1) is 16.9. The van der Waals surface area contributed by atoms with Crippen LogP contribution in [0.1, 0.15) is 40.2 Å². The summed E-state index contributed by atoms with van der Waals surface area (Å²) in [7, 11) is 0. The van der Waals surface area contributed by atoms with E-state index in [2.05, 4.69) is 15.3 Å². The third-order valence-electron chi connectivity index (χ3n) is 5.47. The van der Waals surface area contributed by atoms with Crippen LogP contribution in [0.15, 0.2) is 35.2 Å². The van der Waals surface area contributed by atoms with Gasteiger partial charge >= 0.3 is 0 Å². The number of primary amides is 1. The molecule has 2 bridgehead atoms. The number of carbonyl (C=O) groups is 2. The normalized spacial score (nSPS) is 21.8. The summed E-state index contributed by atoms with van der Waals surface area (Å²) in [6.45, 7) is 1.32. The van der Waals surface area contributed by atoms with Gasteiger partial charge in [0, 0.05) is 25.2 Å². The van der Waals surface area contributed by atoms with Gasteiger partial charge in [0.1, 0.15) is 17.7 Å². The zero-order valence-electron chi connectivity index (χ0n) is 15.2. The molecule has 0 aromatic carbocycles. The highest BCUT2D eigenvalue weighted by Crippen LogP contribution is 2.25. The van der Waals surface area contributed by atoms with Crippen LogP contribution < -0.4 is 11.1 Å². The van der Waals surface area contributed by atoms with Crippen molar-refractivity contribution in [2.45, 2.75) is 31.3 Å². The van der Waals surface area contributed by atoms with E-state index in [1.165, 1.54) is 23.4 Å². The van der Waals surface area contributed by atoms with Crippen molar-refractivity contribution in [2.75, 3.05) is 13.1 Å². The SMILES string of the molecule is NC(=O)c1ncn2c(C(=O)N3CC4CCCC(C3)N4)cc(-c3ccco3)nc12. The molecule has 2 aliphatic heterocycles. The van der Waals surface area contributed by atoms with Gasteiger partial charge in [0.15, 0.2) is 17.1 Å². The summed E-state index contributed by atoms with van der Waals surface area (Å²) >= 11 is 0. The van der Waals surface area contributed by atoms with Crippen molar-refractivity contribution < 1.29 is 14.0 Å². The smallest absolute Gasteiger partial charge is 0.271 e. The van der Waals surface area contributed by atoms with Crippen molar-refractivity contribution in [3.05, 3.63) is 42.2 Å². The van der Waals surface area contributed by atoms with Gasteiger partial charge in [-0.05, 0) is 31.0 Å². The van der Waals surface area contributed by atoms with Crippen LogP contribution >= 0.6 is 0 Å². The lowest BCUT2D eigenvalue weighted by Gasteiger charge is -2.42. The number of nitrogens with two attached hydrogens (primary N) is 1. The Labute approximate surface area is 160 Å². The van der Waals surface area contributed by atoms with Crippen molar-refractivity contribution in [1.29, 1.82) is 0 Å². The summed E-state index contributed by atoms with van der Waals surface area (Å²) in [5, 5.41) is 3.58. The molecule has 3 aromatic heterocycles. The second-order valence-corrected chi connectivity index (χ2v) is 7.36. The van der Waals surface area contributed by atoms with Crippen LogP contribution in [0, 0.1) is 0 Å². The molecule has 3 aromatic rings. The number of amides is 2. The van der Waals surface area contributed by atoms with Gasteiger partial charge < -0.3 is 20.4 Å². The van der Waals surface area contributed by atoms with E-state index in [4.69, 9.17) is 10.2 Å². The highest BCUT2D eigenvalue weighted by Gasteiger charge is 2.33. The summed E-state index contributed by atoms with van der Waals surface area (Å²) in [4.78, 5) is 35.6. The van der Waals surface area contributed by atoms with Crippen molar-refractivity contribution in [1.82, 2.24) is 24.6 Å². The lowest BCUT2D eigenvalue weighted by molar-refractivity contribution is 0.0600. The van der Waals surface area contributed by atoms with E-state index in [1.54, 1.807) is 18.2 Å². The minimum Gasteiger partial charge on any atom is -0.463 e. The number of imidazole rings is 1. The van der Waals surface area contributed by atoms with Crippen LogP contribution in [0.4, 0.5) is 0 Å². The molecule has 0 radical (unpaired) electrons. The van der Waals surface area contributed by atoms with Gasteiger partial charge in [-0.25, -0.2) is 9.97 Å². The number of nitrogens with one attached hydrogen (secondary N) is 1. The molecule has 2 amide bonds. The average molecular weight is 380 g/mol. The highest BCUT2D eigenvalue weighted by atomic mass is 16.3. The average Bonchev–Trinajstić information content (AvgIpc) is 3.36. The number of carbonyl (C=O) groups excluding carboxylic acids is 2. The van der Waals surface area contributed by atoms with E-state index < -0.39 is 5.91 Å². The Bertz CT molecular complexity index is 1050. The van der Waals surface area contributed by atoms with Crippen LogP contribution in [0.5, 0.6) is 0 Å². The molecule has 9 nitrogen and oxygen atoms in total. The fourth-order valence-corrected chi connectivity index (χ4v) is 4.19. The zero-order chi connectivity index (χ0) is 19.3. The Morgan fingerprint density at radius 1 is 1.25 bits per heavy atom. The maximum atomic E-state index is 13.4. The third kappa shape index (κ3) is 2.75. The van der Waals surface area contributed by atoms with E-state index in [0.717, 1.165) is 12.8 Å². The second-order valence-electron chi connectivity index (χ2n) is 7.36. The standard InChI is InChI=1S/C19H20N6O3/c20-17(26)16-18-23-13(15-5-2-6-28-15)7-14(25(18)10-21-16)19(27)24-8-11-3-1-4-12(9-24)22-11/h2,5-7,10-12,22H,1,3-4,8-9H2,(H2,20,26). The molecular weight excluding hydrogens is 360 g/mol. The summed E-state index contributed by atoms with van der Waals surface area (Å²) < 4.78 is 6.98. The van der Waals surface area contributed by atoms with Crippen molar-refractivity contribution >= 4 is 17.5 Å². The summed E-state index contributed by atoms with van der Waals surface area (Å²) in [6, 6.07) is 5.82. The van der Waals surface area contributed by atoms with E-state index in [1.807, 2.05) is 4.90 Å². The molecule has 2 atom stereocenters. The summed E-state index contributed by atoms with van der Waals surface area (Å²) in [5.74, 6) is -0.306. The van der Waals surface area contributed by atoms with Gasteiger partial charge in [0.25, 0.3) is 11.8 Å². The summed E-state index contributed by atoms with van der Waals surface area (Å²) in [6.07, 6.45) is 6.29. The molecule has 144 valence electrons. The van der Waals surface area contributed by atoms with Crippen LogP contribution in [-0.2, 0) is 0 Å². The number of likely N-dealkylation sites (tertiary alicyclic amines) is 1. The largest absolute Gasteiger partial charge is 0.463 e. The molecule has 2 saturated heterocycles. The molecule has 0 aliphatic carbocycles. The van der Waals surface area contributed by atoms with E-state index in [-0.39, 0.29) is 17.2 Å². The minimum atomic E-state index is -0.693. The Kier molecular flexibility index (Phi) is 3.90. The number of piperidine rings is 1. The van der Waals surface area contributed by atoms with E-state index >= 15 is 0 Å². The third-order valence-corrected chi connectivity index (χ3v) is 5.47. The second kappa shape index (κ2) is 6.45. The van der Waals surface area contributed by atoms with Crippen LogP contribution in [0.2, 0.25) is 0 Å². The molecule has 9 heteroatoms. The van der Waals surface area contributed by atoms with Crippen LogP contribution in [-0.4, -0.2) is 56.3 Å². The number of rotatable bonds is 3. The highest BCUT2D eigenvalue weighted by molar-refractivity contribution is 5.99. The number of piperazine rings is 1. The molecule has 3 N–H and O–H groups in total. The summed E-state index contributed by atoms with van der Waals surface area (Å²) in [5.41, 5.74) is 6.56. The molecule has 5 heterocycles. The fourth-order valence-electron chi connectivity index (χ4n) is 4.19. The first-order valence-corrected chi connectivity index (χ1v) is 9.37. The predicted molar refractivity (Wildman–Crippen MR) is 99.7 cm³/mol. The van der Waals surface area contributed by atoms with Gasteiger partial charge in [0.05, 0.1) is 6.26 Å². The van der Waals surface area contributed by atoms with Gasteiger partial charge in [-0.1, -0.05) is 6.42 Å². The topological polar surface area (TPSA) is 119 Å². The maximum Gasteiger partial charge on any atom is 0.271 e. The quantitative estimate of drug-likeness (QED) is 0.701. The van der Waals surface area contributed by atoms with E-state index in [0.29, 0.717) is 42.3 Å². The molecule has 2 fully saturated rings. The number of furan rings is 1. The van der Waals surface area contributed by atoms with Crippen molar-refractivity contribution in [3.63, 3.8) is 0 Å². The Morgan fingerprint density at radius 2 is 2.04 bits per heavy atom. The number of hydrogen-bond acceptors (Lipinski definition) is 6. The number of aromatic nitrogens is 3. The lowest BCUT2D eigenvalue weighted by atomic mass is 9.94. The van der Waals surface area contributed by atoms with E-state index in [9.17, 15) is 9.59 Å². The van der Waals surface area contributed by atoms with Gasteiger partial charge in [-0.2, -0.15) is 0 Å². The predicted octanol–water partition coefficient (Wildman–Crippen LogP) is 1.05. The molecule has 28 heavy (non-hydrogen) atoms. The Balaban J connectivity index is 1.61. The van der Waals surface area contributed by atoms with Crippen LogP contribution in [0.3, 0.4) is 0 Å². The molecule has 2 aliphatic rings. The molecule has 2 unspecified atom stereocenters. The van der Waals surface area contributed by atoms with Gasteiger partial charge in [0.2, 0.25) is 0 Å². The first-order chi connectivity index (χ1) is 13.6. The van der Waals surface area contributed by atoms with Gasteiger partial charge in [-0.15, -0.1) is 0 Å². The van der Waals surface area contributed by atoms with Crippen molar-refractivity contribution in [3.8, 4) is 11.5 Å². The van der Waals surface area contributed by atoms with Crippen molar-refractivity contribution in [2.24, 2.45) is 5.73 Å². The van der Waals surface area contributed by atoms with Crippen LogP contribution in [0.25, 0.3) is 17.1 Å². The molecule has 5 rings (SSSR count). The fraction of sp³-hybridized carbons (Fsp3) is 0.368. The molecule has 0 spiro atoms. The molecular formula is C19H20N6O3. The zero-order valence-corrected chi connectivity index (χ0v) is 15.2. The Hall–Kier alpha value is -3.20. The Morgan fingerprint density at radius 3 is 2.71 bits per heavy atom. The number of fused-ring (bicyclic) bond motifs is 3. The first-order valence-electron chi connectivity index (χ1n) is 9.37. The number of hydrogen-bond donors (Lipinski definition) is 2. The van der Waals surface area contributed by atoms with Gasteiger partial charge in [-0.3, -0.25) is 14.0 Å². The lowest BCUT2D eigenvalue weighted by Crippen LogP contribution is -2.60. The number of nitrogens with zero attached hydrogens (tertiary/aromatic N) is 4. The monoisotopic (exact) mass is 380 g/mol. The molecule has 0 saturated carbocycles. The minimum absolute atomic E-state index is 0.0274. The maximum absolute atomic E-state index is 13.4.